The van der Waals surface area contributed by atoms with Gasteiger partial charge in [-0.25, -0.2) is 0 Å². The molecule has 3 nitrogen and oxygen atoms in total. The van der Waals surface area contributed by atoms with Gasteiger partial charge in [0, 0.05) is 6.07 Å². The van der Waals surface area contributed by atoms with Gasteiger partial charge < -0.3 is 9.94 Å². The second-order valence-corrected chi connectivity index (χ2v) is 3.74. The summed E-state index contributed by atoms with van der Waals surface area (Å²) in [5.41, 5.74) is 0. The molecule has 0 radical (unpaired) electrons. The predicted octanol–water partition coefficient (Wildman–Crippen LogP) is 2.03. The quantitative estimate of drug-likeness (QED) is 0.532. The van der Waals surface area contributed by atoms with Crippen LogP contribution >= 0.6 is 0 Å². The molecule has 0 atom stereocenters. The fourth-order valence-electron chi connectivity index (χ4n) is 1.86. The Morgan fingerprint density at radius 3 is 2.71 bits per heavy atom. The molecule has 1 saturated carbocycles. The van der Waals surface area contributed by atoms with Gasteiger partial charge in [0.15, 0.2) is 6.20 Å². The van der Waals surface area contributed by atoms with Gasteiger partial charge in [0.2, 0.25) is 0 Å². The summed E-state index contributed by atoms with van der Waals surface area (Å²) < 4.78 is 6.42. The summed E-state index contributed by atoms with van der Waals surface area (Å²) in [5.74, 6) is 0.430. The first-order valence-electron chi connectivity index (χ1n) is 5.21. The van der Waals surface area contributed by atoms with Gasteiger partial charge in [-0.15, -0.1) is 4.73 Å². The molecule has 3 heteroatoms. The molecule has 0 amide bonds. The summed E-state index contributed by atoms with van der Waals surface area (Å²) in [5, 5.41) is 11.3. The van der Waals surface area contributed by atoms with Crippen molar-refractivity contribution in [2.24, 2.45) is 0 Å². The van der Waals surface area contributed by atoms with E-state index >= 15 is 0 Å². The molecule has 1 aromatic heterocycles. The molecule has 0 bridgehead atoms. The van der Waals surface area contributed by atoms with Crippen LogP contribution in [-0.2, 0) is 0 Å². The molecule has 1 heterocycles. The zero-order valence-electron chi connectivity index (χ0n) is 8.19. The molecule has 1 aliphatic rings. The van der Waals surface area contributed by atoms with E-state index in [1.165, 1.54) is 25.5 Å². The lowest BCUT2D eigenvalue weighted by atomic mass is 9.98. The molecule has 14 heavy (non-hydrogen) atoms. The molecular weight excluding hydrogens is 178 g/mol. The highest BCUT2D eigenvalue weighted by atomic mass is 16.6. The first-order chi connectivity index (χ1) is 6.86. The third-order valence-corrected chi connectivity index (χ3v) is 2.63. The molecule has 1 aliphatic carbocycles. The zero-order valence-corrected chi connectivity index (χ0v) is 8.19. The van der Waals surface area contributed by atoms with Crippen LogP contribution in [0.4, 0.5) is 0 Å². The second-order valence-electron chi connectivity index (χ2n) is 3.74. The average molecular weight is 193 g/mol. The Kier molecular flexibility index (Phi) is 2.87. The van der Waals surface area contributed by atoms with Gasteiger partial charge in [-0.05, 0) is 31.7 Å². The maximum absolute atomic E-state index is 11.3. The minimum atomic E-state index is 0.242. The summed E-state index contributed by atoms with van der Waals surface area (Å²) in [6.07, 6.45) is 7.60. The molecule has 0 unspecified atom stereocenters. The van der Waals surface area contributed by atoms with Crippen LogP contribution in [0, 0.1) is 5.21 Å². The monoisotopic (exact) mass is 193 g/mol. The lowest BCUT2D eigenvalue weighted by Crippen LogP contribution is -2.32. The zero-order chi connectivity index (χ0) is 9.80. The van der Waals surface area contributed by atoms with Crippen molar-refractivity contribution in [3.05, 3.63) is 29.6 Å². The van der Waals surface area contributed by atoms with Crippen molar-refractivity contribution in [3.63, 3.8) is 0 Å². The molecule has 0 N–H and O–H groups in total. The summed E-state index contributed by atoms with van der Waals surface area (Å²) in [4.78, 5) is 0. The van der Waals surface area contributed by atoms with E-state index < -0.39 is 0 Å². The fraction of sp³-hybridized carbons (Fsp3) is 0.545. The van der Waals surface area contributed by atoms with Crippen molar-refractivity contribution in [3.8, 4) is 5.88 Å². The first kappa shape index (κ1) is 9.31. The molecule has 1 aromatic rings. The van der Waals surface area contributed by atoms with Gasteiger partial charge >= 0.3 is 5.88 Å². The summed E-state index contributed by atoms with van der Waals surface area (Å²) >= 11 is 0. The normalized spacial score (nSPS) is 18.0. The topological polar surface area (TPSA) is 36.2 Å². The van der Waals surface area contributed by atoms with E-state index in [0.717, 1.165) is 17.6 Å². The third kappa shape index (κ3) is 2.16. The maximum Gasteiger partial charge on any atom is 0.379 e. The Morgan fingerprint density at radius 1 is 1.21 bits per heavy atom. The van der Waals surface area contributed by atoms with Crippen molar-refractivity contribution in [2.75, 3.05) is 0 Å². The lowest BCUT2D eigenvalue weighted by Gasteiger charge is -2.21. The van der Waals surface area contributed by atoms with Crippen molar-refractivity contribution in [2.45, 2.75) is 38.2 Å². The molecule has 1 fully saturated rings. The van der Waals surface area contributed by atoms with Gasteiger partial charge in [0.05, 0.1) is 6.07 Å². The Bertz CT molecular complexity index is 295. The number of hydrogen-bond acceptors (Lipinski definition) is 2. The van der Waals surface area contributed by atoms with Crippen LogP contribution in [0.5, 0.6) is 5.88 Å². The predicted molar refractivity (Wildman–Crippen MR) is 52.9 cm³/mol. The van der Waals surface area contributed by atoms with Gasteiger partial charge in [0.25, 0.3) is 0 Å². The van der Waals surface area contributed by atoms with Crippen LogP contribution < -0.4 is 9.47 Å². The maximum atomic E-state index is 11.3. The van der Waals surface area contributed by atoms with Crippen molar-refractivity contribution in [1.82, 2.24) is 0 Å². The van der Waals surface area contributed by atoms with E-state index in [9.17, 15) is 5.21 Å². The van der Waals surface area contributed by atoms with Crippen LogP contribution in [0.3, 0.4) is 0 Å². The Balaban J connectivity index is 1.99. The largest absolute Gasteiger partial charge is 0.616 e. The molecule has 0 spiro atoms. The highest BCUT2D eigenvalue weighted by molar-refractivity contribution is 5.03. The van der Waals surface area contributed by atoms with Gasteiger partial charge in [-0.3, -0.25) is 0 Å². The van der Waals surface area contributed by atoms with Crippen molar-refractivity contribution in [1.29, 1.82) is 0 Å². The molecule has 0 saturated heterocycles. The first-order valence-corrected chi connectivity index (χ1v) is 5.21. The molecular formula is C11H15NO2. The molecule has 0 aromatic carbocycles. The van der Waals surface area contributed by atoms with Crippen molar-refractivity contribution >= 4 is 0 Å². The van der Waals surface area contributed by atoms with E-state index in [0.29, 0.717) is 5.88 Å². The van der Waals surface area contributed by atoms with E-state index in [2.05, 4.69) is 0 Å². The van der Waals surface area contributed by atoms with E-state index in [1.54, 1.807) is 12.1 Å². The summed E-state index contributed by atoms with van der Waals surface area (Å²) in [7, 11) is 0. The van der Waals surface area contributed by atoms with Crippen LogP contribution in [0.1, 0.15) is 32.1 Å². The molecule has 0 aliphatic heterocycles. The van der Waals surface area contributed by atoms with Crippen LogP contribution in [-0.4, -0.2) is 6.10 Å². The molecule has 76 valence electrons. The summed E-state index contributed by atoms with van der Waals surface area (Å²) in [6, 6.07) is 5.26. The van der Waals surface area contributed by atoms with Crippen LogP contribution in [0.15, 0.2) is 24.4 Å². The number of pyridine rings is 1. The SMILES string of the molecule is [O-][n+]1ccccc1OC1CCCCC1. The third-order valence-electron chi connectivity index (χ3n) is 2.63. The standard InChI is InChI=1S/C11H15NO2/c13-12-9-5-4-8-11(12)14-10-6-2-1-3-7-10/h4-5,8-10H,1-3,6-7H2. The van der Waals surface area contributed by atoms with Gasteiger partial charge in [-0.2, -0.15) is 0 Å². The van der Waals surface area contributed by atoms with Crippen molar-refractivity contribution < 1.29 is 9.47 Å². The Hall–Kier alpha value is -1.25. The number of nitrogens with zero attached hydrogens (tertiary/aromatic N) is 1. The smallest absolute Gasteiger partial charge is 0.379 e. The minimum Gasteiger partial charge on any atom is -0.616 e. The molecule has 2 rings (SSSR count). The van der Waals surface area contributed by atoms with Gasteiger partial charge in [0.1, 0.15) is 6.10 Å². The second kappa shape index (κ2) is 4.31. The minimum absolute atomic E-state index is 0.242. The van der Waals surface area contributed by atoms with E-state index in [-0.39, 0.29) is 6.10 Å². The highest BCUT2D eigenvalue weighted by Gasteiger charge is 2.17. The number of hydrogen-bond donors (Lipinski definition) is 0. The van der Waals surface area contributed by atoms with E-state index in [4.69, 9.17) is 4.74 Å². The van der Waals surface area contributed by atoms with E-state index in [1.807, 2.05) is 6.07 Å². The number of rotatable bonds is 2. The summed E-state index contributed by atoms with van der Waals surface area (Å²) in [6.45, 7) is 0. The average Bonchev–Trinajstić information content (AvgIpc) is 2.23. The number of aromatic nitrogens is 1. The van der Waals surface area contributed by atoms with Crippen LogP contribution in [0.2, 0.25) is 0 Å². The fourth-order valence-corrected chi connectivity index (χ4v) is 1.86. The highest BCUT2D eigenvalue weighted by Crippen LogP contribution is 2.21. The number of ether oxygens (including phenoxy) is 1. The Labute approximate surface area is 83.9 Å². The van der Waals surface area contributed by atoms with Gasteiger partial charge in [-0.1, -0.05) is 6.42 Å². The Morgan fingerprint density at radius 2 is 2.00 bits per heavy atom. The lowest BCUT2D eigenvalue weighted by molar-refractivity contribution is -0.614. The van der Waals surface area contributed by atoms with Crippen LogP contribution in [0.25, 0.3) is 0 Å².